The number of methoxy groups -OCH3 is 1. The third-order valence-corrected chi connectivity index (χ3v) is 6.28. The second-order valence-electron chi connectivity index (χ2n) is 7.66. The summed E-state index contributed by atoms with van der Waals surface area (Å²) >= 11 is 3.51. The summed E-state index contributed by atoms with van der Waals surface area (Å²) in [5, 5.41) is 12.7. The van der Waals surface area contributed by atoms with E-state index >= 15 is 0 Å². The van der Waals surface area contributed by atoms with Gasteiger partial charge in [0.25, 0.3) is 5.91 Å². The van der Waals surface area contributed by atoms with Gasteiger partial charge in [0.15, 0.2) is 0 Å². The highest BCUT2D eigenvalue weighted by Gasteiger charge is 2.28. The molecule has 0 spiro atoms. The molecule has 1 saturated heterocycles. The summed E-state index contributed by atoms with van der Waals surface area (Å²) in [5.41, 5.74) is 2.41. The molecule has 3 amide bonds. The zero-order chi connectivity index (χ0) is 23.4. The lowest BCUT2D eigenvalue weighted by molar-refractivity contribution is 0.0702. The first-order valence-corrected chi connectivity index (χ1v) is 11.2. The number of carbonyl (C=O) groups excluding carboxylic acids is 2. The molecule has 1 fully saturated rings. The summed E-state index contributed by atoms with van der Waals surface area (Å²) in [6, 6.07) is 12.6. The van der Waals surface area contributed by atoms with Crippen molar-refractivity contribution in [2.24, 2.45) is 0 Å². The van der Waals surface area contributed by atoms with Crippen LogP contribution < -0.4 is 15.4 Å². The third kappa shape index (κ3) is 5.33. The lowest BCUT2D eigenvalue weighted by Gasteiger charge is -2.32. The number of nitrogens with one attached hydrogen (secondary N) is 3. The van der Waals surface area contributed by atoms with Crippen molar-refractivity contribution >= 4 is 33.6 Å². The standard InChI is InChI=1S/C23H23BrFN5O3/c1-33-18-8-2-14(3-9-18)20-19(24)21(29-28-20)22(31)30-12-10-17(11-13-30)27-23(32)26-16-6-4-15(25)5-7-16/h2-9,17H,10-13H2,1H3,(H,28,29)(H2,26,27,32). The van der Waals surface area contributed by atoms with Crippen LogP contribution in [0.5, 0.6) is 5.75 Å². The number of anilines is 1. The first-order chi connectivity index (χ1) is 15.9. The second-order valence-corrected chi connectivity index (χ2v) is 8.45. The van der Waals surface area contributed by atoms with E-state index in [4.69, 9.17) is 4.74 Å². The Kier molecular flexibility index (Phi) is 6.93. The maximum Gasteiger partial charge on any atom is 0.319 e. The van der Waals surface area contributed by atoms with Gasteiger partial charge in [0.2, 0.25) is 0 Å². The highest BCUT2D eigenvalue weighted by atomic mass is 79.9. The molecule has 3 N–H and O–H groups in total. The van der Waals surface area contributed by atoms with Crippen LogP contribution in [0.25, 0.3) is 11.3 Å². The number of hydrogen-bond acceptors (Lipinski definition) is 4. The fourth-order valence-electron chi connectivity index (χ4n) is 3.68. The predicted molar refractivity (Wildman–Crippen MR) is 126 cm³/mol. The smallest absolute Gasteiger partial charge is 0.319 e. The number of urea groups is 1. The van der Waals surface area contributed by atoms with Crippen LogP contribution in [0.1, 0.15) is 23.3 Å². The minimum absolute atomic E-state index is 0.0606. The number of halogens is 2. The summed E-state index contributed by atoms with van der Waals surface area (Å²) in [6.45, 7) is 1.01. The van der Waals surface area contributed by atoms with Crippen LogP contribution in [0.3, 0.4) is 0 Å². The first-order valence-electron chi connectivity index (χ1n) is 10.4. The van der Waals surface area contributed by atoms with Crippen molar-refractivity contribution in [3.63, 3.8) is 0 Å². The van der Waals surface area contributed by atoms with Gasteiger partial charge < -0.3 is 20.3 Å². The van der Waals surface area contributed by atoms with Crippen LogP contribution in [-0.4, -0.2) is 53.3 Å². The summed E-state index contributed by atoms with van der Waals surface area (Å²) in [4.78, 5) is 27.0. The minimum atomic E-state index is -0.363. The Morgan fingerprint density at radius 2 is 1.79 bits per heavy atom. The average Bonchev–Trinajstić information content (AvgIpc) is 3.22. The SMILES string of the molecule is COc1ccc(-c2n[nH]c(C(=O)N3CCC(NC(=O)Nc4ccc(F)cc4)CC3)c2Br)cc1. The van der Waals surface area contributed by atoms with Crippen molar-refractivity contribution in [3.8, 4) is 17.0 Å². The highest BCUT2D eigenvalue weighted by molar-refractivity contribution is 9.10. The lowest BCUT2D eigenvalue weighted by Crippen LogP contribution is -2.47. The second kappa shape index (κ2) is 10.0. The van der Waals surface area contributed by atoms with Crippen molar-refractivity contribution in [1.82, 2.24) is 20.4 Å². The van der Waals surface area contributed by atoms with Gasteiger partial charge in [0.05, 0.1) is 11.6 Å². The minimum Gasteiger partial charge on any atom is -0.497 e. The number of carbonyl (C=O) groups is 2. The molecule has 0 bridgehead atoms. The van der Waals surface area contributed by atoms with Gasteiger partial charge in [-0.15, -0.1) is 0 Å². The van der Waals surface area contributed by atoms with Gasteiger partial charge >= 0.3 is 6.03 Å². The highest BCUT2D eigenvalue weighted by Crippen LogP contribution is 2.31. The number of hydrogen-bond donors (Lipinski definition) is 3. The Labute approximate surface area is 198 Å². The Hall–Kier alpha value is -3.40. The Balaban J connectivity index is 1.32. The van der Waals surface area contributed by atoms with Crippen LogP contribution in [0, 0.1) is 5.82 Å². The van der Waals surface area contributed by atoms with Gasteiger partial charge in [0.1, 0.15) is 23.0 Å². The number of benzene rings is 2. The van der Waals surface area contributed by atoms with E-state index in [1.807, 2.05) is 24.3 Å². The quantitative estimate of drug-likeness (QED) is 0.468. The molecule has 1 aliphatic rings. The van der Waals surface area contributed by atoms with Crippen molar-refractivity contribution in [2.75, 3.05) is 25.5 Å². The Morgan fingerprint density at radius 1 is 1.12 bits per heavy atom. The molecule has 3 aromatic rings. The molecule has 1 aromatic heterocycles. The van der Waals surface area contributed by atoms with E-state index in [0.29, 0.717) is 47.5 Å². The number of aromatic nitrogens is 2. The first kappa shape index (κ1) is 22.8. The summed E-state index contributed by atoms with van der Waals surface area (Å²) < 4.78 is 18.8. The number of H-pyrrole nitrogens is 1. The van der Waals surface area contributed by atoms with E-state index in [0.717, 1.165) is 11.3 Å². The molecule has 4 rings (SSSR count). The van der Waals surface area contributed by atoms with Crippen molar-refractivity contribution < 1.29 is 18.7 Å². The van der Waals surface area contributed by atoms with E-state index in [1.165, 1.54) is 24.3 Å². The topological polar surface area (TPSA) is 99.3 Å². The zero-order valence-electron chi connectivity index (χ0n) is 17.9. The fraction of sp³-hybridized carbons (Fsp3) is 0.261. The van der Waals surface area contributed by atoms with Crippen molar-refractivity contribution in [3.05, 3.63) is 64.5 Å². The molecule has 2 aromatic carbocycles. The number of amides is 3. The van der Waals surface area contributed by atoms with Crippen LogP contribution in [0.4, 0.5) is 14.9 Å². The van der Waals surface area contributed by atoms with E-state index in [-0.39, 0.29) is 23.8 Å². The summed E-state index contributed by atoms with van der Waals surface area (Å²) in [6.07, 6.45) is 1.25. The van der Waals surface area contributed by atoms with Gasteiger partial charge in [-0.2, -0.15) is 5.10 Å². The van der Waals surface area contributed by atoms with E-state index in [9.17, 15) is 14.0 Å². The molecule has 8 nitrogen and oxygen atoms in total. The molecule has 0 saturated carbocycles. The van der Waals surface area contributed by atoms with Crippen LogP contribution in [0.2, 0.25) is 0 Å². The van der Waals surface area contributed by atoms with Gasteiger partial charge in [0, 0.05) is 30.4 Å². The molecule has 0 unspecified atom stereocenters. The Morgan fingerprint density at radius 3 is 2.42 bits per heavy atom. The van der Waals surface area contributed by atoms with E-state index < -0.39 is 0 Å². The van der Waals surface area contributed by atoms with Gasteiger partial charge in [-0.05, 0) is 77.3 Å². The number of nitrogens with zero attached hydrogens (tertiary/aromatic N) is 2. The molecular weight excluding hydrogens is 493 g/mol. The fourth-order valence-corrected chi connectivity index (χ4v) is 4.26. The molecule has 10 heteroatoms. The summed E-state index contributed by atoms with van der Waals surface area (Å²) in [5.74, 6) is 0.228. The third-order valence-electron chi connectivity index (χ3n) is 5.50. The number of likely N-dealkylation sites (tertiary alicyclic amines) is 1. The van der Waals surface area contributed by atoms with Gasteiger partial charge in [-0.3, -0.25) is 9.89 Å². The largest absolute Gasteiger partial charge is 0.497 e. The molecule has 172 valence electrons. The van der Waals surface area contributed by atoms with Crippen molar-refractivity contribution in [1.29, 1.82) is 0 Å². The molecule has 0 aliphatic carbocycles. The van der Waals surface area contributed by atoms with Crippen LogP contribution in [0.15, 0.2) is 53.0 Å². The number of rotatable bonds is 5. The van der Waals surface area contributed by atoms with Gasteiger partial charge in [-0.25, -0.2) is 9.18 Å². The average molecular weight is 516 g/mol. The number of piperidine rings is 1. The summed E-state index contributed by atoms with van der Waals surface area (Å²) in [7, 11) is 1.60. The predicted octanol–water partition coefficient (Wildman–Crippen LogP) is 4.41. The molecule has 0 atom stereocenters. The van der Waals surface area contributed by atoms with Crippen molar-refractivity contribution in [2.45, 2.75) is 18.9 Å². The lowest BCUT2D eigenvalue weighted by atomic mass is 10.0. The normalized spacial score (nSPS) is 14.1. The zero-order valence-corrected chi connectivity index (χ0v) is 19.5. The van der Waals surface area contributed by atoms with E-state index in [2.05, 4.69) is 36.8 Å². The number of ether oxygens (including phenoxy) is 1. The van der Waals surface area contributed by atoms with Gasteiger partial charge in [-0.1, -0.05) is 0 Å². The van der Waals surface area contributed by atoms with Crippen LogP contribution >= 0.6 is 15.9 Å². The molecule has 2 heterocycles. The molecule has 33 heavy (non-hydrogen) atoms. The molecular formula is C23H23BrFN5O3. The molecule has 1 aliphatic heterocycles. The monoisotopic (exact) mass is 515 g/mol. The molecule has 0 radical (unpaired) electrons. The maximum atomic E-state index is 13.0. The van der Waals surface area contributed by atoms with Crippen LogP contribution in [-0.2, 0) is 0 Å². The maximum absolute atomic E-state index is 13.0. The number of aromatic amines is 1. The Bertz CT molecular complexity index is 1130. The van der Waals surface area contributed by atoms with E-state index in [1.54, 1.807) is 12.0 Å².